The summed E-state index contributed by atoms with van der Waals surface area (Å²) >= 11 is 0. The van der Waals surface area contributed by atoms with Gasteiger partial charge < -0.3 is 14.8 Å². The van der Waals surface area contributed by atoms with E-state index in [0.29, 0.717) is 23.7 Å². The van der Waals surface area contributed by atoms with E-state index < -0.39 is 0 Å². The molecule has 0 saturated carbocycles. The molecule has 9 heteroatoms. The van der Waals surface area contributed by atoms with E-state index in [0.717, 1.165) is 43.5 Å². The summed E-state index contributed by atoms with van der Waals surface area (Å²) < 4.78 is 0. The summed E-state index contributed by atoms with van der Waals surface area (Å²) in [7, 11) is 3.89. The monoisotopic (exact) mass is 408 g/mol. The largest absolute Gasteiger partial charge is 0.347 e. The standard InChI is InChI=1S/C21H28N8O/c1-14(2)18-24-20(27(3)4)26-21(25-18)29-11-9-28(10-12-29)13-17-22-16-8-6-5-7-15(16)19(30)23-17/h5-8,14H,9-13H2,1-4H3,(H,22,23,30). The molecule has 1 aliphatic rings. The Morgan fingerprint density at radius 3 is 2.47 bits per heavy atom. The summed E-state index contributed by atoms with van der Waals surface area (Å²) in [5.41, 5.74) is 0.648. The van der Waals surface area contributed by atoms with E-state index in [1.54, 1.807) is 6.07 Å². The van der Waals surface area contributed by atoms with Gasteiger partial charge in [-0.2, -0.15) is 15.0 Å². The van der Waals surface area contributed by atoms with Gasteiger partial charge in [0.2, 0.25) is 11.9 Å². The molecule has 0 atom stereocenters. The maximum atomic E-state index is 12.3. The molecule has 1 aliphatic heterocycles. The number of hydrogen-bond acceptors (Lipinski definition) is 8. The van der Waals surface area contributed by atoms with Gasteiger partial charge in [-0.15, -0.1) is 0 Å². The van der Waals surface area contributed by atoms with Crippen LogP contribution in [0.25, 0.3) is 10.9 Å². The van der Waals surface area contributed by atoms with Gasteiger partial charge in [-0.1, -0.05) is 26.0 Å². The molecule has 0 spiro atoms. The van der Waals surface area contributed by atoms with E-state index in [-0.39, 0.29) is 11.5 Å². The van der Waals surface area contributed by atoms with Crippen molar-refractivity contribution in [2.45, 2.75) is 26.3 Å². The van der Waals surface area contributed by atoms with Crippen LogP contribution in [-0.4, -0.2) is 70.1 Å². The second-order valence-electron chi connectivity index (χ2n) is 8.14. The average molecular weight is 409 g/mol. The molecule has 0 amide bonds. The fourth-order valence-electron chi connectivity index (χ4n) is 3.50. The van der Waals surface area contributed by atoms with Gasteiger partial charge in [0.1, 0.15) is 11.6 Å². The summed E-state index contributed by atoms with van der Waals surface area (Å²) in [6, 6.07) is 7.43. The third-order valence-electron chi connectivity index (χ3n) is 5.24. The van der Waals surface area contributed by atoms with Gasteiger partial charge in [-0.05, 0) is 12.1 Å². The van der Waals surface area contributed by atoms with Crippen molar-refractivity contribution in [3.8, 4) is 0 Å². The smallest absolute Gasteiger partial charge is 0.258 e. The molecule has 4 rings (SSSR count). The zero-order chi connectivity index (χ0) is 21.3. The summed E-state index contributed by atoms with van der Waals surface area (Å²) in [6.07, 6.45) is 0. The van der Waals surface area contributed by atoms with Crippen LogP contribution in [0.3, 0.4) is 0 Å². The van der Waals surface area contributed by atoms with Crippen molar-refractivity contribution in [3.05, 3.63) is 46.3 Å². The molecule has 3 heterocycles. The zero-order valence-electron chi connectivity index (χ0n) is 18.0. The third-order valence-corrected chi connectivity index (χ3v) is 5.24. The van der Waals surface area contributed by atoms with Gasteiger partial charge in [0.25, 0.3) is 5.56 Å². The number of nitrogens with zero attached hydrogens (tertiary/aromatic N) is 7. The molecule has 1 fully saturated rings. The second kappa shape index (κ2) is 8.35. The van der Waals surface area contributed by atoms with Crippen LogP contribution in [-0.2, 0) is 6.54 Å². The lowest BCUT2D eigenvalue weighted by molar-refractivity contribution is 0.243. The average Bonchev–Trinajstić information content (AvgIpc) is 2.74. The minimum absolute atomic E-state index is 0.0862. The predicted molar refractivity (Wildman–Crippen MR) is 118 cm³/mol. The van der Waals surface area contributed by atoms with Crippen molar-refractivity contribution in [2.75, 3.05) is 50.1 Å². The van der Waals surface area contributed by atoms with E-state index >= 15 is 0 Å². The Morgan fingerprint density at radius 2 is 1.77 bits per heavy atom. The highest BCUT2D eigenvalue weighted by Gasteiger charge is 2.22. The minimum atomic E-state index is -0.0862. The van der Waals surface area contributed by atoms with E-state index in [1.807, 2.05) is 37.2 Å². The number of fused-ring (bicyclic) bond motifs is 1. The zero-order valence-corrected chi connectivity index (χ0v) is 18.0. The van der Waals surface area contributed by atoms with Gasteiger partial charge >= 0.3 is 0 Å². The Morgan fingerprint density at radius 1 is 1.03 bits per heavy atom. The first-order valence-corrected chi connectivity index (χ1v) is 10.3. The number of anilines is 2. The number of aromatic amines is 1. The van der Waals surface area contributed by atoms with Gasteiger partial charge in [0.15, 0.2) is 0 Å². The first kappa shape index (κ1) is 20.2. The Kier molecular flexibility index (Phi) is 5.63. The Bertz CT molecular complexity index is 1060. The predicted octanol–water partition coefficient (Wildman–Crippen LogP) is 1.62. The SMILES string of the molecule is CC(C)c1nc(N(C)C)nc(N2CCN(Cc3nc4ccccc4c(=O)[nH]3)CC2)n1. The molecule has 0 radical (unpaired) electrons. The van der Waals surface area contributed by atoms with Crippen LogP contribution in [0.4, 0.5) is 11.9 Å². The van der Waals surface area contributed by atoms with Crippen LogP contribution in [0.5, 0.6) is 0 Å². The maximum Gasteiger partial charge on any atom is 0.258 e. The normalized spacial score (nSPS) is 15.2. The first-order valence-electron chi connectivity index (χ1n) is 10.3. The Balaban J connectivity index is 1.46. The number of rotatable bonds is 5. The second-order valence-corrected chi connectivity index (χ2v) is 8.14. The molecule has 0 unspecified atom stereocenters. The number of piperazine rings is 1. The van der Waals surface area contributed by atoms with Gasteiger partial charge in [0.05, 0.1) is 17.4 Å². The number of hydrogen-bond donors (Lipinski definition) is 1. The highest BCUT2D eigenvalue weighted by Crippen LogP contribution is 2.19. The first-order chi connectivity index (χ1) is 14.4. The molecular weight excluding hydrogens is 380 g/mol. The molecule has 2 aromatic heterocycles. The lowest BCUT2D eigenvalue weighted by Crippen LogP contribution is -2.47. The molecule has 158 valence electrons. The van der Waals surface area contributed by atoms with E-state index in [2.05, 4.69) is 43.6 Å². The Labute approximate surface area is 175 Å². The van der Waals surface area contributed by atoms with Crippen molar-refractivity contribution in [1.29, 1.82) is 0 Å². The number of para-hydroxylation sites is 1. The van der Waals surface area contributed by atoms with Crippen molar-refractivity contribution in [3.63, 3.8) is 0 Å². The van der Waals surface area contributed by atoms with E-state index in [1.165, 1.54) is 0 Å². The summed E-state index contributed by atoms with van der Waals surface area (Å²) in [5.74, 6) is 3.16. The van der Waals surface area contributed by atoms with Gasteiger partial charge in [0, 0.05) is 46.2 Å². The lowest BCUT2D eigenvalue weighted by Gasteiger charge is -2.34. The number of H-pyrrole nitrogens is 1. The highest BCUT2D eigenvalue weighted by molar-refractivity contribution is 5.77. The third kappa shape index (κ3) is 4.25. The highest BCUT2D eigenvalue weighted by atomic mass is 16.1. The van der Waals surface area contributed by atoms with E-state index in [4.69, 9.17) is 4.98 Å². The molecule has 0 aliphatic carbocycles. The van der Waals surface area contributed by atoms with Crippen LogP contribution in [0.15, 0.2) is 29.1 Å². The van der Waals surface area contributed by atoms with Crippen LogP contribution >= 0.6 is 0 Å². The van der Waals surface area contributed by atoms with Crippen molar-refractivity contribution in [1.82, 2.24) is 29.8 Å². The van der Waals surface area contributed by atoms with Crippen molar-refractivity contribution in [2.24, 2.45) is 0 Å². The fourth-order valence-corrected chi connectivity index (χ4v) is 3.50. The fraction of sp³-hybridized carbons (Fsp3) is 0.476. The number of aromatic nitrogens is 5. The molecule has 30 heavy (non-hydrogen) atoms. The number of nitrogens with one attached hydrogen (secondary N) is 1. The van der Waals surface area contributed by atoms with Crippen LogP contribution < -0.4 is 15.4 Å². The van der Waals surface area contributed by atoms with Crippen LogP contribution in [0.2, 0.25) is 0 Å². The van der Waals surface area contributed by atoms with Gasteiger partial charge in [-0.25, -0.2) is 4.98 Å². The summed E-state index contributed by atoms with van der Waals surface area (Å²) in [4.78, 5) is 40.1. The quantitative estimate of drug-likeness (QED) is 0.681. The molecule has 1 aromatic carbocycles. The molecule has 0 bridgehead atoms. The van der Waals surface area contributed by atoms with Gasteiger partial charge in [-0.3, -0.25) is 9.69 Å². The number of benzene rings is 1. The molecule has 3 aromatic rings. The molecule has 1 N–H and O–H groups in total. The minimum Gasteiger partial charge on any atom is -0.347 e. The topological polar surface area (TPSA) is 94.1 Å². The molecular formula is C21H28N8O. The summed E-state index contributed by atoms with van der Waals surface area (Å²) in [5, 5.41) is 0.624. The lowest BCUT2D eigenvalue weighted by atomic mass is 10.2. The summed E-state index contributed by atoms with van der Waals surface area (Å²) in [6.45, 7) is 8.11. The van der Waals surface area contributed by atoms with Crippen molar-refractivity contribution < 1.29 is 0 Å². The van der Waals surface area contributed by atoms with Crippen LogP contribution in [0.1, 0.15) is 31.4 Å². The Hall–Kier alpha value is -3.07. The molecule has 1 saturated heterocycles. The van der Waals surface area contributed by atoms with Crippen molar-refractivity contribution >= 4 is 22.8 Å². The maximum absolute atomic E-state index is 12.3. The van der Waals surface area contributed by atoms with E-state index in [9.17, 15) is 4.79 Å². The van der Waals surface area contributed by atoms with Crippen LogP contribution in [0, 0.1) is 0 Å². The molecule has 9 nitrogen and oxygen atoms in total.